The molecule has 1 aromatic heterocycles. The third kappa shape index (κ3) is 8.06. The lowest BCUT2D eigenvalue weighted by molar-refractivity contribution is -0.141. The number of nitrogens with one attached hydrogen (secondary N) is 2. The van der Waals surface area contributed by atoms with E-state index in [0.717, 1.165) is 28.4 Å². The highest BCUT2D eigenvalue weighted by Crippen LogP contribution is 2.33. The van der Waals surface area contributed by atoms with Crippen LogP contribution in [-0.4, -0.2) is 41.8 Å². The molecule has 0 fully saturated rings. The van der Waals surface area contributed by atoms with Crippen molar-refractivity contribution in [2.24, 2.45) is 11.8 Å². The van der Waals surface area contributed by atoms with Gasteiger partial charge in [0.1, 0.15) is 0 Å². The van der Waals surface area contributed by atoms with Gasteiger partial charge in [-0.05, 0) is 55.5 Å². The minimum absolute atomic E-state index is 0.0111. The normalized spacial score (nSPS) is 12.8. The number of carbonyl (C=O) groups excluding carboxylic acids is 1. The number of nitrogens with zero attached hydrogens (tertiary/aromatic N) is 2. The fourth-order valence-electron chi connectivity index (χ4n) is 4.06. The molecule has 0 bridgehead atoms. The number of hydrogen-bond donors (Lipinski definition) is 3. The van der Waals surface area contributed by atoms with E-state index in [-0.39, 0.29) is 35.2 Å². The Balaban J connectivity index is 1.83. The van der Waals surface area contributed by atoms with Crippen LogP contribution < -0.4 is 10.0 Å². The van der Waals surface area contributed by atoms with Crippen LogP contribution in [0.2, 0.25) is 0 Å². The largest absolute Gasteiger partial charge is 0.465 e. The molecule has 0 unspecified atom stereocenters. The van der Waals surface area contributed by atoms with Crippen LogP contribution in [0.15, 0.2) is 59.5 Å². The van der Waals surface area contributed by atoms with Gasteiger partial charge in [0, 0.05) is 18.5 Å². The van der Waals surface area contributed by atoms with Gasteiger partial charge < -0.3 is 10.4 Å². The lowest BCUT2D eigenvalue weighted by atomic mass is 9.94. The van der Waals surface area contributed by atoms with Gasteiger partial charge in [0.05, 0.1) is 16.3 Å². The fraction of sp³-hybridized carbons (Fsp3) is 0.346. The summed E-state index contributed by atoms with van der Waals surface area (Å²) in [6.45, 7) is 5.62. The molecule has 0 aliphatic heterocycles. The van der Waals surface area contributed by atoms with Crippen molar-refractivity contribution in [3.05, 3.63) is 65.9 Å². The zero-order valence-corrected chi connectivity index (χ0v) is 22.3. The number of carboxylic acid groups (broad SMARTS) is 1. The predicted molar refractivity (Wildman–Crippen MR) is 138 cm³/mol. The van der Waals surface area contributed by atoms with Crippen molar-refractivity contribution in [1.82, 2.24) is 19.8 Å². The Hall–Kier alpha value is -3.87. The topological polar surface area (TPSA) is 130 Å². The first-order valence-corrected chi connectivity index (χ1v) is 13.5. The summed E-state index contributed by atoms with van der Waals surface area (Å²) in [6, 6.07) is 12.7. The Morgan fingerprint density at radius 1 is 1.05 bits per heavy atom. The number of hydrogen-bond acceptors (Lipinski definition) is 5. The fourth-order valence-corrected chi connectivity index (χ4v) is 5.06. The molecule has 13 heteroatoms. The highest BCUT2D eigenvalue weighted by atomic mass is 32.2. The molecule has 2 aromatic carbocycles. The molecule has 0 saturated carbocycles. The van der Waals surface area contributed by atoms with E-state index in [1.807, 2.05) is 25.5 Å². The molecule has 39 heavy (non-hydrogen) atoms. The lowest BCUT2D eigenvalue weighted by Crippen LogP contribution is -2.35. The van der Waals surface area contributed by atoms with Gasteiger partial charge in [-0.3, -0.25) is 4.79 Å². The number of aromatic nitrogens is 2. The molecule has 1 atom stereocenters. The van der Waals surface area contributed by atoms with Crippen LogP contribution in [0.25, 0.3) is 16.9 Å². The first kappa shape index (κ1) is 29.7. The Morgan fingerprint density at radius 3 is 2.21 bits per heavy atom. The number of carbonyl (C=O) groups is 2. The second-order valence-electron chi connectivity index (χ2n) is 9.60. The van der Waals surface area contributed by atoms with Gasteiger partial charge in [0.25, 0.3) is 10.0 Å². The van der Waals surface area contributed by atoms with Crippen LogP contribution in [0.4, 0.5) is 18.0 Å². The predicted octanol–water partition coefficient (Wildman–Crippen LogP) is 4.99. The van der Waals surface area contributed by atoms with Gasteiger partial charge in [-0.2, -0.15) is 18.3 Å². The van der Waals surface area contributed by atoms with Gasteiger partial charge in [0.2, 0.25) is 5.91 Å². The van der Waals surface area contributed by atoms with Crippen LogP contribution in [0.1, 0.15) is 37.9 Å². The second kappa shape index (κ2) is 11.9. The van der Waals surface area contributed by atoms with E-state index in [4.69, 9.17) is 5.11 Å². The van der Waals surface area contributed by atoms with Gasteiger partial charge in [-0.15, -0.1) is 0 Å². The van der Waals surface area contributed by atoms with Crippen molar-refractivity contribution in [1.29, 1.82) is 0 Å². The summed E-state index contributed by atoms with van der Waals surface area (Å²) in [7, 11) is -4.29. The minimum atomic E-state index is -4.69. The lowest BCUT2D eigenvalue weighted by Gasteiger charge is -2.18. The van der Waals surface area contributed by atoms with Crippen molar-refractivity contribution in [3.8, 4) is 16.9 Å². The summed E-state index contributed by atoms with van der Waals surface area (Å²) < 4.78 is 69.0. The summed E-state index contributed by atoms with van der Waals surface area (Å²) >= 11 is 0. The quantitative estimate of drug-likeness (QED) is 0.317. The summed E-state index contributed by atoms with van der Waals surface area (Å²) in [4.78, 5) is 23.0. The van der Waals surface area contributed by atoms with E-state index in [2.05, 4.69) is 10.4 Å². The van der Waals surface area contributed by atoms with Crippen LogP contribution in [0.3, 0.4) is 0 Å². The maximum absolute atomic E-state index is 13.4. The number of rotatable bonds is 10. The maximum atomic E-state index is 13.4. The van der Waals surface area contributed by atoms with E-state index in [1.165, 1.54) is 12.1 Å². The highest BCUT2D eigenvalue weighted by Gasteiger charge is 2.35. The molecule has 2 amide bonds. The average molecular weight is 567 g/mol. The molecule has 3 rings (SSSR count). The van der Waals surface area contributed by atoms with E-state index in [9.17, 15) is 31.2 Å². The average Bonchev–Trinajstić information content (AvgIpc) is 3.28. The summed E-state index contributed by atoms with van der Waals surface area (Å²) in [6.07, 6.45) is -5.66. The van der Waals surface area contributed by atoms with Crippen molar-refractivity contribution >= 4 is 22.0 Å². The third-order valence-electron chi connectivity index (χ3n) is 5.81. The number of sulfonamides is 1. The Labute approximate surface area is 224 Å². The first-order valence-electron chi connectivity index (χ1n) is 12.0. The van der Waals surface area contributed by atoms with Crippen LogP contribution in [-0.2, 0) is 21.0 Å². The van der Waals surface area contributed by atoms with Gasteiger partial charge in [0.15, 0.2) is 5.69 Å². The smallest absolute Gasteiger partial charge is 0.435 e. The van der Waals surface area contributed by atoms with Crippen LogP contribution in [0.5, 0.6) is 0 Å². The number of halogens is 3. The van der Waals surface area contributed by atoms with Crippen molar-refractivity contribution in [2.45, 2.75) is 44.7 Å². The van der Waals surface area contributed by atoms with E-state index in [1.54, 1.807) is 24.3 Å². The van der Waals surface area contributed by atoms with Gasteiger partial charge in [-0.1, -0.05) is 43.7 Å². The zero-order valence-electron chi connectivity index (χ0n) is 21.5. The Morgan fingerprint density at radius 2 is 1.67 bits per heavy atom. The molecular formula is C26H29F3N4O5S. The maximum Gasteiger partial charge on any atom is 0.435 e. The molecule has 0 aliphatic carbocycles. The number of amides is 2. The van der Waals surface area contributed by atoms with Gasteiger partial charge >= 0.3 is 12.3 Å². The molecule has 3 aromatic rings. The van der Waals surface area contributed by atoms with E-state index >= 15 is 0 Å². The number of benzene rings is 2. The molecule has 0 spiro atoms. The molecular weight excluding hydrogens is 537 g/mol. The summed E-state index contributed by atoms with van der Waals surface area (Å²) in [5.74, 6) is -1.07. The third-order valence-corrected chi connectivity index (χ3v) is 7.20. The van der Waals surface area contributed by atoms with Gasteiger partial charge in [-0.25, -0.2) is 22.6 Å². The molecule has 0 radical (unpaired) electrons. The van der Waals surface area contributed by atoms with Crippen molar-refractivity contribution in [2.75, 3.05) is 6.54 Å². The minimum Gasteiger partial charge on any atom is -0.465 e. The summed E-state index contributed by atoms with van der Waals surface area (Å²) in [5.41, 5.74) is 0.655. The Bertz CT molecular complexity index is 1420. The van der Waals surface area contributed by atoms with E-state index < -0.39 is 39.8 Å². The zero-order chi connectivity index (χ0) is 29.0. The summed E-state index contributed by atoms with van der Waals surface area (Å²) in [5, 5.41) is 14.7. The van der Waals surface area contributed by atoms with Crippen molar-refractivity contribution < 1.29 is 36.3 Å². The molecule has 0 saturated heterocycles. The molecule has 3 N–H and O–H groups in total. The number of aryl methyl sites for hydroxylation is 1. The van der Waals surface area contributed by atoms with Crippen LogP contribution in [0, 0.1) is 18.8 Å². The van der Waals surface area contributed by atoms with E-state index in [0.29, 0.717) is 12.0 Å². The molecule has 210 valence electrons. The van der Waals surface area contributed by atoms with Crippen molar-refractivity contribution in [3.63, 3.8) is 0 Å². The Kier molecular flexibility index (Phi) is 9.05. The monoisotopic (exact) mass is 566 g/mol. The number of alkyl halides is 3. The SMILES string of the molecule is Cc1ccc(-c2cc(C(F)(F)F)nn2-c2ccc(S(=O)(=O)NC(=O)C[C@@H](CNC(=O)O)CC(C)C)cc2)cc1. The standard InChI is InChI=1S/C26H29F3N4O5S/c1-16(2)12-18(15-30-25(35)36)13-24(34)32-39(37,38)21-10-8-20(9-11-21)33-22(14-23(31-33)26(27,28)29)19-6-4-17(3)5-7-19/h4-11,14,16,18,30H,12-13,15H2,1-3H3,(H,32,34)(H,35,36)/t18-/m0/s1. The second-order valence-corrected chi connectivity index (χ2v) is 11.3. The van der Waals surface area contributed by atoms with Crippen LogP contribution >= 0.6 is 0 Å². The highest BCUT2D eigenvalue weighted by molar-refractivity contribution is 7.90. The molecule has 9 nitrogen and oxygen atoms in total. The first-order chi connectivity index (χ1) is 18.2. The molecule has 1 heterocycles. The molecule has 0 aliphatic rings.